The molecule has 46 heavy (non-hydrogen) atoms. The van der Waals surface area contributed by atoms with Crippen molar-refractivity contribution in [3.8, 4) is 0 Å². The lowest BCUT2D eigenvalue weighted by molar-refractivity contribution is -0.134. The third-order valence-corrected chi connectivity index (χ3v) is 8.43. The van der Waals surface area contributed by atoms with Crippen LogP contribution in [0, 0.1) is 0 Å². The molecule has 4 N–H and O–H groups in total. The Morgan fingerprint density at radius 2 is 1.24 bits per heavy atom. The number of nitrogens with one attached hydrogen (secondary N) is 2. The summed E-state index contributed by atoms with van der Waals surface area (Å²) >= 11 is 0. The van der Waals surface area contributed by atoms with Crippen LogP contribution in [0.3, 0.4) is 0 Å². The molecule has 0 bridgehead atoms. The van der Waals surface area contributed by atoms with Crippen LogP contribution in [0.25, 0.3) is 21.7 Å². The Bertz CT molecular complexity index is 1520. The number of furan rings is 1. The molecule has 0 saturated carbocycles. The van der Waals surface area contributed by atoms with Crippen LogP contribution in [0.4, 0.5) is 21.0 Å². The first-order valence-corrected chi connectivity index (χ1v) is 15.6. The van der Waals surface area contributed by atoms with Crippen molar-refractivity contribution in [3.63, 3.8) is 0 Å². The zero-order chi connectivity index (χ0) is 32.8. The second-order valence-electron chi connectivity index (χ2n) is 11.6. The molecule has 4 amide bonds. The van der Waals surface area contributed by atoms with Crippen LogP contribution in [-0.4, -0.2) is 115 Å². The summed E-state index contributed by atoms with van der Waals surface area (Å²) in [5, 5.41) is 28.1. The number of fused-ring (bicyclic) bond motifs is 2. The number of ketones is 1. The number of hydrogen-bond donors (Lipinski definition) is 4. The fraction of sp³-hybridized carbons (Fsp3) is 0.469. The van der Waals surface area contributed by atoms with E-state index in [1.54, 1.807) is 34.1 Å². The molecule has 14 heteroatoms. The van der Waals surface area contributed by atoms with Crippen LogP contribution >= 0.6 is 0 Å². The number of amides is 4. The fourth-order valence-electron chi connectivity index (χ4n) is 5.71. The molecule has 2 aliphatic heterocycles. The van der Waals surface area contributed by atoms with E-state index < -0.39 is 18.0 Å². The van der Waals surface area contributed by atoms with Crippen molar-refractivity contribution in [2.75, 3.05) is 75.2 Å². The highest BCUT2D eigenvalue weighted by molar-refractivity contribution is 6.23. The Balaban J connectivity index is 1.42. The highest BCUT2D eigenvalue weighted by Gasteiger charge is 2.30. The predicted molar refractivity (Wildman–Crippen MR) is 172 cm³/mol. The average Bonchev–Trinajstić information content (AvgIpc) is 3.40. The van der Waals surface area contributed by atoms with Crippen LogP contribution in [0.2, 0.25) is 0 Å². The van der Waals surface area contributed by atoms with E-state index in [0.717, 1.165) is 43.9 Å². The maximum Gasteiger partial charge on any atom is 0.411 e. The molecule has 3 aromatic rings. The van der Waals surface area contributed by atoms with E-state index in [1.165, 1.54) is 17.9 Å². The predicted octanol–water partition coefficient (Wildman–Crippen LogP) is 3.18. The summed E-state index contributed by atoms with van der Waals surface area (Å²) in [6.07, 6.45) is 0.305. The maximum absolute atomic E-state index is 12.7. The van der Waals surface area contributed by atoms with Gasteiger partial charge in [-0.1, -0.05) is 24.3 Å². The lowest BCUT2D eigenvalue weighted by Crippen LogP contribution is -2.46. The first kappa shape index (κ1) is 32.7. The molecular weight excluding hydrogens is 596 g/mol. The van der Waals surface area contributed by atoms with Crippen LogP contribution in [0.5, 0.6) is 0 Å². The summed E-state index contributed by atoms with van der Waals surface area (Å²) in [6, 6.07) is 8.35. The SMILES string of the molecule is CC(=O)c1cc2c(N(CCCNCC(=O)N3CCC3)C(=O)O)c3ccccc3c(N(CCCNCC(=O)N3CCC3)C(=O)O)c2o1. The van der Waals surface area contributed by atoms with Gasteiger partial charge in [0, 0.05) is 62.4 Å². The van der Waals surface area contributed by atoms with E-state index in [-0.39, 0.29) is 60.7 Å². The number of anilines is 2. The Morgan fingerprint density at radius 1 is 0.761 bits per heavy atom. The van der Waals surface area contributed by atoms with Gasteiger partial charge in [0.1, 0.15) is 0 Å². The van der Waals surface area contributed by atoms with Crippen molar-refractivity contribution in [3.05, 3.63) is 36.1 Å². The van der Waals surface area contributed by atoms with Crippen LogP contribution in [0.15, 0.2) is 34.7 Å². The van der Waals surface area contributed by atoms with E-state index in [4.69, 9.17) is 4.42 Å². The van der Waals surface area contributed by atoms with Gasteiger partial charge in [-0.3, -0.25) is 24.2 Å². The average molecular weight is 637 g/mol. The summed E-state index contributed by atoms with van der Waals surface area (Å²) in [5.74, 6) is -0.400. The quantitative estimate of drug-likeness (QED) is 0.110. The molecule has 2 saturated heterocycles. The molecule has 0 unspecified atom stereocenters. The fourth-order valence-corrected chi connectivity index (χ4v) is 5.71. The summed E-state index contributed by atoms with van der Waals surface area (Å²) in [5.41, 5.74) is 0.584. The van der Waals surface area contributed by atoms with Crippen molar-refractivity contribution < 1.29 is 38.6 Å². The van der Waals surface area contributed by atoms with Crippen LogP contribution in [0.1, 0.15) is 43.2 Å². The third kappa shape index (κ3) is 7.07. The van der Waals surface area contributed by atoms with E-state index in [1.807, 2.05) is 0 Å². The lowest BCUT2D eigenvalue weighted by atomic mass is 10.0. The lowest BCUT2D eigenvalue weighted by Gasteiger charge is -2.31. The van der Waals surface area contributed by atoms with Crippen molar-refractivity contribution in [2.24, 2.45) is 0 Å². The van der Waals surface area contributed by atoms with E-state index in [2.05, 4.69) is 10.6 Å². The maximum atomic E-state index is 12.7. The number of benzene rings is 2. The van der Waals surface area contributed by atoms with Gasteiger partial charge in [0.05, 0.1) is 24.5 Å². The number of likely N-dealkylation sites (tertiary alicyclic amines) is 2. The van der Waals surface area contributed by atoms with Crippen molar-refractivity contribution >= 4 is 62.9 Å². The molecule has 0 atom stereocenters. The van der Waals surface area contributed by atoms with Gasteiger partial charge in [-0.15, -0.1) is 0 Å². The van der Waals surface area contributed by atoms with Gasteiger partial charge >= 0.3 is 12.2 Å². The molecule has 2 aliphatic rings. The molecule has 2 fully saturated rings. The van der Waals surface area contributed by atoms with E-state index in [0.29, 0.717) is 42.1 Å². The molecule has 0 spiro atoms. The minimum atomic E-state index is -1.24. The van der Waals surface area contributed by atoms with Crippen LogP contribution in [-0.2, 0) is 9.59 Å². The molecular formula is C32H40N6O8. The molecule has 0 aliphatic carbocycles. The minimum absolute atomic E-state index is 0.0101. The first-order chi connectivity index (χ1) is 22.2. The Morgan fingerprint density at radius 3 is 1.67 bits per heavy atom. The van der Waals surface area contributed by atoms with Gasteiger partial charge in [-0.25, -0.2) is 9.59 Å². The van der Waals surface area contributed by atoms with Crippen molar-refractivity contribution in [2.45, 2.75) is 32.6 Å². The van der Waals surface area contributed by atoms with Gasteiger partial charge < -0.3 is 35.1 Å². The third-order valence-electron chi connectivity index (χ3n) is 8.43. The second kappa shape index (κ2) is 14.6. The standard InChI is InChI=1S/C32H40N6O8/c1-21(39)25-18-24-28(37(31(42)43)16-4-10-33-19-26(40)35-12-6-13-35)22-8-2-3-9-23(22)29(30(24)46-25)38(32(44)45)17-5-11-34-20-27(41)36-14-7-15-36/h2-3,8-9,18,33-34H,4-7,10-17,19-20H2,1H3,(H,42,43)(H,44,45). The number of hydrogen-bond acceptors (Lipinski definition) is 8. The summed E-state index contributed by atoms with van der Waals surface area (Å²) < 4.78 is 5.99. The van der Waals surface area contributed by atoms with Crippen molar-refractivity contribution in [1.82, 2.24) is 20.4 Å². The summed E-state index contributed by atoms with van der Waals surface area (Å²) in [4.78, 5) is 68.0. The van der Waals surface area contributed by atoms with Crippen LogP contribution < -0.4 is 20.4 Å². The van der Waals surface area contributed by atoms with Gasteiger partial charge in [0.15, 0.2) is 17.1 Å². The Kier molecular flexibility index (Phi) is 10.4. The smallest absolute Gasteiger partial charge is 0.411 e. The topological polar surface area (TPSA) is 176 Å². The summed E-state index contributed by atoms with van der Waals surface area (Å²) in [7, 11) is 0. The number of carbonyl (C=O) groups is 5. The molecule has 5 rings (SSSR count). The highest BCUT2D eigenvalue weighted by Crippen LogP contribution is 2.45. The summed E-state index contributed by atoms with van der Waals surface area (Å²) in [6.45, 7) is 5.62. The zero-order valence-corrected chi connectivity index (χ0v) is 25.9. The van der Waals surface area contributed by atoms with E-state index in [9.17, 15) is 34.2 Å². The van der Waals surface area contributed by atoms with Crippen molar-refractivity contribution in [1.29, 1.82) is 0 Å². The highest BCUT2D eigenvalue weighted by atomic mass is 16.4. The molecule has 2 aromatic carbocycles. The van der Waals surface area contributed by atoms with E-state index >= 15 is 0 Å². The first-order valence-electron chi connectivity index (χ1n) is 15.6. The van der Waals surface area contributed by atoms with Gasteiger partial charge in [-0.05, 0) is 44.8 Å². The minimum Gasteiger partial charge on any atom is -0.465 e. The Hall–Kier alpha value is -4.69. The number of rotatable bonds is 15. The number of nitrogens with zero attached hydrogens (tertiary/aromatic N) is 4. The van der Waals surface area contributed by atoms with Gasteiger partial charge in [0.2, 0.25) is 11.8 Å². The normalized spacial score (nSPS) is 14.2. The Labute approximate surface area is 265 Å². The molecule has 3 heterocycles. The zero-order valence-electron chi connectivity index (χ0n) is 25.9. The number of carbonyl (C=O) groups excluding carboxylic acids is 3. The van der Waals surface area contributed by atoms with Gasteiger partial charge in [-0.2, -0.15) is 0 Å². The largest absolute Gasteiger partial charge is 0.465 e. The monoisotopic (exact) mass is 636 g/mol. The number of carboxylic acid groups (broad SMARTS) is 2. The molecule has 246 valence electrons. The molecule has 14 nitrogen and oxygen atoms in total. The second-order valence-corrected chi connectivity index (χ2v) is 11.6. The molecule has 0 radical (unpaired) electrons. The number of Topliss-reactive ketones (excluding diaryl/α,β-unsaturated/α-hetero) is 1. The molecule has 1 aromatic heterocycles. The van der Waals surface area contributed by atoms with Gasteiger partial charge in [0.25, 0.3) is 0 Å².